The summed E-state index contributed by atoms with van der Waals surface area (Å²) in [4.78, 5) is -0.517. The van der Waals surface area contributed by atoms with Crippen molar-refractivity contribution in [1.82, 2.24) is 9.29 Å². The van der Waals surface area contributed by atoms with Gasteiger partial charge >= 0.3 is 0 Å². The Morgan fingerprint density at radius 1 is 1.55 bits per heavy atom. The molecule has 1 saturated carbocycles. The van der Waals surface area contributed by atoms with Crippen molar-refractivity contribution in [2.45, 2.75) is 37.0 Å². The van der Waals surface area contributed by atoms with Gasteiger partial charge in [-0.05, 0) is 25.7 Å². The van der Waals surface area contributed by atoms with Gasteiger partial charge in [-0.15, -0.1) is 0 Å². The fourth-order valence-electron chi connectivity index (χ4n) is 2.55. The Labute approximate surface area is 128 Å². The van der Waals surface area contributed by atoms with E-state index in [4.69, 9.17) is 9.84 Å². The van der Waals surface area contributed by atoms with Crippen molar-refractivity contribution in [2.75, 3.05) is 13.2 Å². The molecule has 0 aromatic carbocycles. The molecule has 9 heteroatoms. The Morgan fingerprint density at radius 2 is 2.18 bits per heavy atom. The van der Waals surface area contributed by atoms with Gasteiger partial charge in [0.1, 0.15) is 10.6 Å². The zero-order valence-corrected chi connectivity index (χ0v) is 13.3. The second kappa shape index (κ2) is 6.63. The third kappa shape index (κ3) is 3.33. The van der Waals surface area contributed by atoms with E-state index in [-0.39, 0.29) is 30.9 Å². The maximum absolute atomic E-state index is 14.4. The molecule has 3 N–H and O–H groups in total. The first-order valence-electron chi connectivity index (χ1n) is 7.07. The van der Waals surface area contributed by atoms with Gasteiger partial charge in [0.2, 0.25) is 10.0 Å². The van der Waals surface area contributed by atoms with E-state index < -0.39 is 27.0 Å². The van der Waals surface area contributed by atoms with E-state index in [2.05, 4.69) is 4.72 Å². The van der Waals surface area contributed by atoms with Gasteiger partial charge in [0.05, 0.1) is 0 Å². The highest BCUT2D eigenvalue weighted by Crippen LogP contribution is 2.30. The maximum atomic E-state index is 14.4. The number of ether oxygens (including phenoxy) is 1. The van der Waals surface area contributed by atoms with E-state index in [1.807, 2.05) is 0 Å². The van der Waals surface area contributed by atoms with Crippen LogP contribution in [0.15, 0.2) is 11.1 Å². The number of aliphatic hydroxyl groups is 2. The van der Waals surface area contributed by atoms with Crippen molar-refractivity contribution in [1.29, 1.82) is 0 Å². The number of nitrogens with zero attached hydrogens (tertiary/aromatic N) is 1. The first kappa shape index (κ1) is 17.4. The summed E-state index contributed by atoms with van der Waals surface area (Å²) in [5.74, 6) is -0.933. The van der Waals surface area contributed by atoms with Gasteiger partial charge in [-0.1, -0.05) is 0 Å². The summed E-state index contributed by atoms with van der Waals surface area (Å²) in [6.45, 7) is 1.82. The third-order valence-corrected chi connectivity index (χ3v) is 5.30. The number of hydrogen-bond donors (Lipinski definition) is 3. The molecule has 126 valence electrons. The number of aryl methyl sites for hydroxylation is 1. The molecule has 1 aromatic rings. The van der Waals surface area contributed by atoms with E-state index in [0.29, 0.717) is 12.8 Å². The van der Waals surface area contributed by atoms with Gasteiger partial charge in [0.25, 0.3) is 0 Å². The minimum Gasteiger partial charge on any atom is -0.396 e. The second-order valence-corrected chi connectivity index (χ2v) is 7.13. The van der Waals surface area contributed by atoms with Gasteiger partial charge in [-0.2, -0.15) is 0 Å². The fraction of sp³-hybridized carbons (Fsp3) is 0.692. The molecule has 1 aliphatic rings. The lowest BCUT2D eigenvalue weighted by atomic mass is 9.82. The highest BCUT2D eigenvalue weighted by atomic mass is 32.2. The van der Waals surface area contributed by atoms with Crippen molar-refractivity contribution in [3.05, 3.63) is 17.7 Å². The number of halogens is 1. The van der Waals surface area contributed by atoms with E-state index >= 15 is 0 Å². The van der Waals surface area contributed by atoms with Gasteiger partial charge in [-0.3, -0.25) is 0 Å². The smallest absolute Gasteiger partial charge is 0.245 e. The summed E-state index contributed by atoms with van der Waals surface area (Å²) in [6.07, 6.45) is 0.635. The topological polar surface area (TPSA) is 101 Å². The minimum absolute atomic E-state index is 0.0165. The van der Waals surface area contributed by atoms with Crippen molar-refractivity contribution in [3.8, 4) is 0 Å². The molecule has 0 saturated heterocycles. The first-order chi connectivity index (χ1) is 10.3. The molecule has 0 aliphatic heterocycles. The Morgan fingerprint density at radius 3 is 2.73 bits per heavy atom. The molecule has 0 bridgehead atoms. The Balaban J connectivity index is 2.19. The standard InChI is InChI=1S/C13H21FN2O5S/c1-3-21-13(18)12-11(14)10(6-16(12)2)22(19,20)15-9-4-8(5-9)7-17/h6,8-9,13,15,17-18H,3-5,7H2,1-2H3/t8-,9+,13?. The monoisotopic (exact) mass is 336 g/mol. The van der Waals surface area contributed by atoms with Crippen LogP contribution in [-0.4, -0.2) is 42.5 Å². The van der Waals surface area contributed by atoms with Crippen molar-refractivity contribution in [3.63, 3.8) is 0 Å². The molecule has 1 fully saturated rings. The van der Waals surface area contributed by atoms with E-state index in [1.54, 1.807) is 6.92 Å². The van der Waals surface area contributed by atoms with Gasteiger partial charge in [-0.25, -0.2) is 17.5 Å². The normalized spacial score (nSPS) is 23.3. The molecule has 0 radical (unpaired) electrons. The van der Waals surface area contributed by atoms with Crippen molar-refractivity contribution >= 4 is 10.0 Å². The lowest BCUT2D eigenvalue weighted by Crippen LogP contribution is -2.45. The molecule has 1 unspecified atom stereocenters. The van der Waals surface area contributed by atoms with Gasteiger partial charge in [0.15, 0.2) is 12.1 Å². The number of hydrogen-bond acceptors (Lipinski definition) is 5. The average Bonchev–Trinajstić information content (AvgIpc) is 2.70. The minimum atomic E-state index is -4.03. The van der Waals surface area contributed by atoms with Crippen LogP contribution in [0.2, 0.25) is 0 Å². The number of nitrogens with one attached hydrogen (secondary N) is 1. The quantitative estimate of drug-likeness (QED) is 0.619. The van der Waals surface area contributed by atoms with Crippen LogP contribution in [0.5, 0.6) is 0 Å². The highest BCUT2D eigenvalue weighted by Gasteiger charge is 2.35. The van der Waals surface area contributed by atoms with Crippen LogP contribution in [0.4, 0.5) is 4.39 Å². The molecule has 2 rings (SSSR count). The molecule has 1 atom stereocenters. The zero-order chi connectivity index (χ0) is 16.5. The first-order valence-corrected chi connectivity index (χ1v) is 8.56. The van der Waals surface area contributed by atoms with Crippen LogP contribution < -0.4 is 4.72 Å². The molecule has 7 nitrogen and oxygen atoms in total. The lowest BCUT2D eigenvalue weighted by Gasteiger charge is -2.34. The summed E-state index contributed by atoms with van der Waals surface area (Å²) in [5, 5.41) is 18.7. The predicted molar refractivity (Wildman–Crippen MR) is 75.9 cm³/mol. The molecular formula is C13H21FN2O5S. The van der Waals surface area contributed by atoms with Crippen LogP contribution in [0, 0.1) is 11.7 Å². The van der Waals surface area contributed by atoms with Crippen LogP contribution in [-0.2, 0) is 21.8 Å². The molecule has 1 aliphatic carbocycles. The fourth-order valence-corrected chi connectivity index (χ4v) is 3.95. The number of aliphatic hydroxyl groups excluding tert-OH is 2. The molecular weight excluding hydrogens is 315 g/mol. The van der Waals surface area contributed by atoms with E-state index in [9.17, 15) is 17.9 Å². The highest BCUT2D eigenvalue weighted by molar-refractivity contribution is 7.89. The Hall–Kier alpha value is -1.00. The SMILES string of the molecule is CCOC(O)c1c(F)c(S(=O)(=O)N[C@H]2C[C@@H](CO)C2)cn1C. The van der Waals surface area contributed by atoms with Crippen LogP contribution in [0.1, 0.15) is 31.7 Å². The average molecular weight is 336 g/mol. The van der Waals surface area contributed by atoms with Crippen molar-refractivity contribution in [2.24, 2.45) is 13.0 Å². The number of sulfonamides is 1. The molecule has 0 spiro atoms. The summed E-state index contributed by atoms with van der Waals surface area (Å²) >= 11 is 0. The zero-order valence-electron chi connectivity index (χ0n) is 12.5. The number of rotatable bonds is 7. The molecule has 0 amide bonds. The summed E-state index contributed by atoms with van der Waals surface area (Å²) < 4.78 is 47.4. The molecule has 22 heavy (non-hydrogen) atoms. The molecule has 1 heterocycles. The Bertz CT molecular complexity index is 625. The van der Waals surface area contributed by atoms with Crippen LogP contribution >= 0.6 is 0 Å². The van der Waals surface area contributed by atoms with Gasteiger partial charge < -0.3 is 19.5 Å². The number of aromatic nitrogens is 1. The van der Waals surface area contributed by atoms with E-state index in [1.165, 1.54) is 11.6 Å². The maximum Gasteiger partial charge on any atom is 0.245 e. The van der Waals surface area contributed by atoms with E-state index in [0.717, 1.165) is 6.20 Å². The summed E-state index contributed by atoms with van der Waals surface area (Å²) in [5.41, 5.74) is -0.232. The summed E-state index contributed by atoms with van der Waals surface area (Å²) in [6, 6.07) is -0.304. The predicted octanol–water partition coefficient (Wildman–Crippen LogP) is 0.241. The summed E-state index contributed by atoms with van der Waals surface area (Å²) in [7, 11) is -2.59. The van der Waals surface area contributed by atoms with Crippen molar-refractivity contribution < 1.29 is 27.8 Å². The second-order valence-electron chi connectivity index (χ2n) is 5.45. The van der Waals surface area contributed by atoms with Gasteiger partial charge in [0, 0.05) is 32.5 Å². The third-order valence-electron chi connectivity index (χ3n) is 3.80. The lowest BCUT2D eigenvalue weighted by molar-refractivity contribution is -0.104. The van der Waals surface area contributed by atoms with Crippen LogP contribution in [0.3, 0.4) is 0 Å². The van der Waals surface area contributed by atoms with Crippen LogP contribution in [0.25, 0.3) is 0 Å². The Kier molecular flexibility index (Phi) is 5.23. The molecule has 1 aromatic heterocycles. The largest absolute Gasteiger partial charge is 0.396 e.